The number of benzene rings is 1. The van der Waals surface area contributed by atoms with Crippen molar-refractivity contribution < 1.29 is 19.4 Å². The van der Waals surface area contributed by atoms with E-state index in [1.54, 1.807) is 26.8 Å². The van der Waals surface area contributed by atoms with E-state index in [-0.39, 0.29) is 0 Å². The van der Waals surface area contributed by atoms with E-state index in [4.69, 9.17) is 4.74 Å². The monoisotopic (exact) mass is 333 g/mol. The first-order valence-corrected chi connectivity index (χ1v) is 7.96. The second-order valence-corrected chi connectivity index (χ2v) is 7.41. The van der Waals surface area contributed by atoms with Crippen LogP contribution in [0.25, 0.3) is 0 Å². The predicted molar refractivity (Wildman–Crippen MR) is 93.9 cm³/mol. The van der Waals surface area contributed by atoms with E-state index in [2.05, 4.69) is 5.32 Å². The lowest BCUT2D eigenvalue weighted by atomic mass is 9.96. The van der Waals surface area contributed by atoms with Gasteiger partial charge in [-0.1, -0.05) is 36.4 Å². The van der Waals surface area contributed by atoms with E-state index < -0.39 is 23.2 Å². The maximum atomic E-state index is 11.9. The second kappa shape index (κ2) is 7.99. The lowest BCUT2D eigenvalue weighted by molar-refractivity contribution is -0.132. The number of aliphatic carboxylic acids is 1. The fourth-order valence-corrected chi connectivity index (χ4v) is 2.06. The largest absolute Gasteiger partial charge is 0.478 e. The fourth-order valence-electron chi connectivity index (χ4n) is 2.06. The number of carboxylic acid groups (broad SMARTS) is 1. The van der Waals surface area contributed by atoms with Gasteiger partial charge in [0.25, 0.3) is 0 Å². The fraction of sp³-hybridized carbons (Fsp3) is 0.474. The Morgan fingerprint density at radius 3 is 2.21 bits per heavy atom. The molecular weight excluding hydrogens is 306 g/mol. The van der Waals surface area contributed by atoms with Crippen LogP contribution in [0.3, 0.4) is 0 Å². The van der Waals surface area contributed by atoms with Gasteiger partial charge in [-0.15, -0.1) is 0 Å². The number of hydrogen-bond donors (Lipinski definition) is 2. The summed E-state index contributed by atoms with van der Waals surface area (Å²) in [5.41, 5.74) is 0.0549. The van der Waals surface area contributed by atoms with Crippen molar-refractivity contribution in [1.82, 2.24) is 5.32 Å². The lowest BCUT2D eigenvalue weighted by Gasteiger charge is -2.28. The van der Waals surface area contributed by atoms with Crippen LogP contribution in [0.4, 0.5) is 4.79 Å². The summed E-state index contributed by atoms with van der Waals surface area (Å²) in [4.78, 5) is 23.3. The minimum atomic E-state index is -0.952. The van der Waals surface area contributed by atoms with E-state index in [9.17, 15) is 14.7 Å². The van der Waals surface area contributed by atoms with Crippen LogP contribution >= 0.6 is 0 Å². The molecule has 0 fully saturated rings. The number of alkyl carbamates (subject to hydrolysis) is 1. The van der Waals surface area contributed by atoms with Crippen LogP contribution in [0.1, 0.15) is 46.6 Å². The number of ether oxygens (including phenoxy) is 1. The first-order chi connectivity index (χ1) is 11.0. The number of amides is 1. The summed E-state index contributed by atoms with van der Waals surface area (Å²) in [6.07, 6.45) is 1.88. The average Bonchev–Trinajstić information content (AvgIpc) is 2.41. The van der Waals surface area contributed by atoms with Gasteiger partial charge in [-0.25, -0.2) is 9.59 Å². The van der Waals surface area contributed by atoms with Crippen molar-refractivity contribution in [2.24, 2.45) is 0 Å². The number of nitrogens with one attached hydrogen (secondary N) is 1. The van der Waals surface area contributed by atoms with Crippen LogP contribution in [0.5, 0.6) is 0 Å². The van der Waals surface area contributed by atoms with Gasteiger partial charge in [0, 0.05) is 17.5 Å². The van der Waals surface area contributed by atoms with Crippen molar-refractivity contribution in [3.05, 3.63) is 47.5 Å². The van der Waals surface area contributed by atoms with Gasteiger partial charge >= 0.3 is 12.1 Å². The summed E-state index contributed by atoms with van der Waals surface area (Å²) in [6.45, 7) is 9.04. The smallest absolute Gasteiger partial charge is 0.408 e. The molecule has 1 rings (SSSR count). The molecule has 0 heterocycles. The van der Waals surface area contributed by atoms with Crippen LogP contribution < -0.4 is 5.32 Å². The van der Waals surface area contributed by atoms with Gasteiger partial charge in [-0.3, -0.25) is 0 Å². The molecule has 0 radical (unpaired) electrons. The summed E-state index contributed by atoms with van der Waals surface area (Å²) in [7, 11) is 0. The van der Waals surface area contributed by atoms with Crippen molar-refractivity contribution in [1.29, 1.82) is 0 Å². The molecule has 0 atom stereocenters. The Hall–Kier alpha value is -2.30. The van der Waals surface area contributed by atoms with Crippen molar-refractivity contribution in [2.45, 2.75) is 58.6 Å². The molecule has 2 N–H and O–H groups in total. The molecule has 5 heteroatoms. The summed E-state index contributed by atoms with van der Waals surface area (Å²) in [6, 6.07) is 9.43. The van der Waals surface area contributed by atoms with Crippen molar-refractivity contribution in [2.75, 3.05) is 0 Å². The number of carbonyl (C=O) groups is 2. The van der Waals surface area contributed by atoms with Gasteiger partial charge in [0.05, 0.1) is 0 Å². The number of carbonyl (C=O) groups excluding carboxylic acids is 1. The highest BCUT2D eigenvalue weighted by atomic mass is 16.6. The first kappa shape index (κ1) is 19.7. The van der Waals surface area contributed by atoms with Crippen molar-refractivity contribution in [3.63, 3.8) is 0 Å². The highest BCUT2D eigenvalue weighted by Crippen LogP contribution is 2.16. The molecule has 1 aromatic carbocycles. The van der Waals surface area contributed by atoms with Crippen LogP contribution in [0.15, 0.2) is 42.0 Å². The van der Waals surface area contributed by atoms with Crippen LogP contribution in [0, 0.1) is 0 Å². The third-order valence-corrected chi connectivity index (χ3v) is 3.21. The highest BCUT2D eigenvalue weighted by molar-refractivity contribution is 5.87. The molecule has 0 spiro atoms. The van der Waals surface area contributed by atoms with Crippen molar-refractivity contribution >= 4 is 12.1 Å². The van der Waals surface area contributed by atoms with Gasteiger partial charge in [0.2, 0.25) is 0 Å². The summed E-state index contributed by atoms with van der Waals surface area (Å²) < 4.78 is 5.24. The van der Waals surface area contributed by atoms with Gasteiger partial charge < -0.3 is 15.2 Å². The Kier molecular flexibility index (Phi) is 6.58. The van der Waals surface area contributed by atoms with Crippen molar-refractivity contribution in [3.8, 4) is 0 Å². The third kappa shape index (κ3) is 7.81. The lowest BCUT2D eigenvalue weighted by Crippen LogP contribution is -2.45. The van der Waals surface area contributed by atoms with Gasteiger partial charge in [0.1, 0.15) is 5.60 Å². The van der Waals surface area contributed by atoms with Crippen LogP contribution in [0.2, 0.25) is 0 Å². The summed E-state index contributed by atoms with van der Waals surface area (Å²) >= 11 is 0. The second-order valence-electron chi connectivity index (χ2n) is 7.41. The predicted octanol–water partition coefficient (Wildman–Crippen LogP) is 3.93. The SMILES string of the molecule is CC(C)(CC=C(Cc1ccccc1)C(=O)O)NC(=O)OC(C)(C)C. The molecule has 0 bridgehead atoms. The molecule has 0 aromatic heterocycles. The molecule has 1 aromatic rings. The quantitative estimate of drug-likeness (QED) is 0.773. The molecule has 0 aliphatic carbocycles. The molecule has 1 amide bonds. The van der Waals surface area contributed by atoms with Gasteiger partial charge in [0.15, 0.2) is 0 Å². The molecule has 0 aliphatic rings. The Labute approximate surface area is 143 Å². The Morgan fingerprint density at radius 1 is 1.12 bits per heavy atom. The molecule has 0 unspecified atom stereocenters. The minimum Gasteiger partial charge on any atom is -0.478 e. The van der Waals surface area contributed by atoms with E-state index in [0.717, 1.165) is 5.56 Å². The Balaban J connectivity index is 2.74. The number of carboxylic acids is 1. The summed E-state index contributed by atoms with van der Waals surface area (Å²) in [5, 5.41) is 12.2. The average molecular weight is 333 g/mol. The number of rotatable bonds is 6. The summed E-state index contributed by atoms with van der Waals surface area (Å²) in [5.74, 6) is -0.952. The molecule has 0 saturated carbocycles. The maximum Gasteiger partial charge on any atom is 0.408 e. The Morgan fingerprint density at radius 2 is 1.71 bits per heavy atom. The molecule has 0 saturated heterocycles. The number of hydrogen-bond acceptors (Lipinski definition) is 3. The topological polar surface area (TPSA) is 75.6 Å². The standard InChI is InChI=1S/C19H27NO4/c1-18(2,3)24-17(23)20-19(4,5)12-11-15(16(21)22)13-14-9-7-6-8-10-14/h6-11H,12-13H2,1-5H3,(H,20,23)(H,21,22). The first-order valence-electron chi connectivity index (χ1n) is 7.96. The van der Waals surface area contributed by atoms with E-state index in [1.807, 2.05) is 44.2 Å². The van der Waals surface area contributed by atoms with Gasteiger partial charge in [-0.2, -0.15) is 0 Å². The maximum absolute atomic E-state index is 11.9. The van der Waals surface area contributed by atoms with E-state index in [0.29, 0.717) is 18.4 Å². The van der Waals surface area contributed by atoms with Crippen LogP contribution in [-0.4, -0.2) is 28.3 Å². The molecule has 132 valence electrons. The van der Waals surface area contributed by atoms with Crippen LogP contribution in [-0.2, 0) is 16.0 Å². The highest BCUT2D eigenvalue weighted by Gasteiger charge is 2.24. The molecule has 0 aliphatic heterocycles. The third-order valence-electron chi connectivity index (χ3n) is 3.21. The molecular formula is C19H27NO4. The molecule has 5 nitrogen and oxygen atoms in total. The Bertz CT molecular complexity index is 598. The zero-order chi connectivity index (χ0) is 18.4. The zero-order valence-corrected chi connectivity index (χ0v) is 15.1. The minimum absolute atomic E-state index is 0.306. The normalized spacial score (nSPS) is 12.6. The van der Waals surface area contributed by atoms with Gasteiger partial charge in [-0.05, 0) is 46.6 Å². The van der Waals surface area contributed by atoms with E-state index >= 15 is 0 Å². The van der Waals surface area contributed by atoms with E-state index in [1.165, 1.54) is 0 Å². The molecule has 24 heavy (non-hydrogen) atoms. The zero-order valence-electron chi connectivity index (χ0n) is 15.1.